The molecule has 0 saturated carbocycles. The molecule has 2 saturated heterocycles. The third kappa shape index (κ3) is 3.81. The second-order valence-corrected chi connectivity index (χ2v) is 6.50. The summed E-state index contributed by atoms with van der Waals surface area (Å²) in [6.07, 6.45) is 4.31. The predicted octanol–water partition coefficient (Wildman–Crippen LogP) is -1.03. The Balaban J connectivity index is 1.59. The van der Waals surface area contributed by atoms with Crippen LogP contribution in [0.4, 0.5) is 5.69 Å². The standard InChI is InChI=1S/C16H23N5O4/c1-18-9-12(8-17-18)21-7-6-19(11-15(21)24)14(23)10-20-5-3-2-4-13(22)16(20)25/h8-9,13,22H,2-7,10-11H2,1H3. The Morgan fingerprint density at radius 3 is 2.76 bits per heavy atom. The van der Waals surface area contributed by atoms with Crippen molar-refractivity contribution in [1.82, 2.24) is 19.6 Å². The summed E-state index contributed by atoms with van der Waals surface area (Å²) < 4.78 is 1.62. The summed E-state index contributed by atoms with van der Waals surface area (Å²) in [5.74, 6) is -0.831. The minimum atomic E-state index is -1.03. The molecule has 0 radical (unpaired) electrons. The monoisotopic (exact) mass is 349 g/mol. The third-order valence-electron chi connectivity index (χ3n) is 4.65. The van der Waals surface area contributed by atoms with Crippen LogP contribution >= 0.6 is 0 Å². The number of anilines is 1. The van der Waals surface area contributed by atoms with Crippen molar-refractivity contribution in [3.63, 3.8) is 0 Å². The number of aliphatic hydroxyl groups excluding tert-OH is 1. The van der Waals surface area contributed by atoms with E-state index in [1.54, 1.807) is 29.0 Å². The van der Waals surface area contributed by atoms with Crippen molar-refractivity contribution < 1.29 is 19.5 Å². The lowest BCUT2D eigenvalue weighted by molar-refractivity contribution is -0.146. The highest BCUT2D eigenvalue weighted by atomic mass is 16.3. The summed E-state index contributed by atoms with van der Waals surface area (Å²) in [5.41, 5.74) is 0.713. The van der Waals surface area contributed by atoms with Gasteiger partial charge in [-0.3, -0.25) is 19.1 Å². The quantitative estimate of drug-likeness (QED) is 0.752. The van der Waals surface area contributed by atoms with Gasteiger partial charge in [0, 0.05) is 32.9 Å². The molecule has 1 unspecified atom stereocenters. The number of aryl methyl sites for hydroxylation is 1. The van der Waals surface area contributed by atoms with Crippen molar-refractivity contribution >= 4 is 23.4 Å². The minimum absolute atomic E-state index is 0.0156. The minimum Gasteiger partial charge on any atom is -0.383 e. The molecule has 25 heavy (non-hydrogen) atoms. The van der Waals surface area contributed by atoms with E-state index in [-0.39, 0.29) is 24.9 Å². The summed E-state index contributed by atoms with van der Waals surface area (Å²) in [7, 11) is 1.78. The van der Waals surface area contributed by atoms with Crippen LogP contribution in [-0.4, -0.2) is 81.2 Å². The second-order valence-electron chi connectivity index (χ2n) is 6.50. The number of amides is 3. The van der Waals surface area contributed by atoms with Crippen molar-refractivity contribution in [2.45, 2.75) is 25.4 Å². The van der Waals surface area contributed by atoms with E-state index in [1.807, 2.05) is 0 Å². The lowest BCUT2D eigenvalue weighted by Gasteiger charge is -2.34. The first-order valence-corrected chi connectivity index (χ1v) is 8.49. The van der Waals surface area contributed by atoms with E-state index < -0.39 is 12.0 Å². The molecule has 0 aromatic carbocycles. The summed E-state index contributed by atoms with van der Waals surface area (Å²) in [6.45, 7) is 1.16. The van der Waals surface area contributed by atoms with E-state index in [2.05, 4.69) is 5.10 Å². The van der Waals surface area contributed by atoms with Gasteiger partial charge >= 0.3 is 0 Å². The van der Waals surface area contributed by atoms with Gasteiger partial charge in [0.25, 0.3) is 5.91 Å². The van der Waals surface area contributed by atoms with E-state index in [0.717, 1.165) is 12.8 Å². The van der Waals surface area contributed by atoms with Crippen LogP contribution in [0.5, 0.6) is 0 Å². The number of aliphatic hydroxyl groups is 1. The maximum atomic E-state index is 12.5. The summed E-state index contributed by atoms with van der Waals surface area (Å²) in [6, 6.07) is 0. The fourth-order valence-corrected chi connectivity index (χ4v) is 3.21. The zero-order valence-electron chi connectivity index (χ0n) is 14.3. The van der Waals surface area contributed by atoms with Crippen molar-refractivity contribution in [2.24, 2.45) is 7.05 Å². The molecule has 1 N–H and O–H groups in total. The molecule has 2 fully saturated rings. The summed E-state index contributed by atoms with van der Waals surface area (Å²) in [4.78, 5) is 41.4. The number of aromatic nitrogens is 2. The molecule has 3 heterocycles. The molecule has 2 aliphatic rings. The average Bonchev–Trinajstić information content (AvgIpc) is 2.95. The van der Waals surface area contributed by atoms with E-state index in [9.17, 15) is 19.5 Å². The van der Waals surface area contributed by atoms with Crippen molar-refractivity contribution in [3.05, 3.63) is 12.4 Å². The predicted molar refractivity (Wildman–Crippen MR) is 88.6 cm³/mol. The maximum absolute atomic E-state index is 12.5. The first-order chi connectivity index (χ1) is 12.0. The van der Waals surface area contributed by atoms with E-state index >= 15 is 0 Å². The van der Waals surface area contributed by atoms with Gasteiger partial charge in [-0.1, -0.05) is 0 Å². The maximum Gasteiger partial charge on any atom is 0.251 e. The lowest BCUT2D eigenvalue weighted by atomic mass is 10.2. The van der Waals surface area contributed by atoms with Crippen LogP contribution in [0.1, 0.15) is 19.3 Å². The van der Waals surface area contributed by atoms with Crippen LogP contribution in [0.2, 0.25) is 0 Å². The SMILES string of the molecule is Cn1cc(N2CCN(C(=O)CN3CCCCC(O)C3=O)CC2=O)cn1. The van der Waals surface area contributed by atoms with Crippen LogP contribution in [-0.2, 0) is 21.4 Å². The van der Waals surface area contributed by atoms with Crippen LogP contribution < -0.4 is 4.90 Å². The molecule has 9 heteroatoms. The fourth-order valence-electron chi connectivity index (χ4n) is 3.21. The van der Waals surface area contributed by atoms with Crippen molar-refractivity contribution in [1.29, 1.82) is 0 Å². The highest BCUT2D eigenvalue weighted by Crippen LogP contribution is 2.17. The number of piperazine rings is 1. The lowest BCUT2D eigenvalue weighted by Crippen LogP contribution is -2.55. The van der Waals surface area contributed by atoms with Gasteiger partial charge in [-0.25, -0.2) is 0 Å². The van der Waals surface area contributed by atoms with Crippen molar-refractivity contribution in [2.75, 3.05) is 37.6 Å². The van der Waals surface area contributed by atoms with Gasteiger partial charge in [0.15, 0.2) is 0 Å². The highest BCUT2D eigenvalue weighted by Gasteiger charge is 2.32. The van der Waals surface area contributed by atoms with E-state index in [1.165, 1.54) is 9.80 Å². The molecule has 1 atom stereocenters. The zero-order chi connectivity index (χ0) is 18.0. The highest BCUT2D eigenvalue weighted by molar-refractivity contribution is 5.98. The van der Waals surface area contributed by atoms with Gasteiger partial charge in [0.1, 0.15) is 12.6 Å². The topological polar surface area (TPSA) is 99.0 Å². The largest absolute Gasteiger partial charge is 0.383 e. The smallest absolute Gasteiger partial charge is 0.251 e. The van der Waals surface area contributed by atoms with Gasteiger partial charge in [-0.2, -0.15) is 5.10 Å². The molecule has 136 valence electrons. The Bertz CT molecular complexity index is 673. The van der Waals surface area contributed by atoms with Gasteiger partial charge in [0.05, 0.1) is 18.4 Å². The first kappa shape index (κ1) is 17.4. The number of nitrogens with zero attached hydrogens (tertiary/aromatic N) is 5. The summed E-state index contributed by atoms with van der Waals surface area (Å²) in [5, 5.41) is 13.8. The van der Waals surface area contributed by atoms with E-state index in [0.29, 0.717) is 31.7 Å². The Morgan fingerprint density at radius 2 is 2.08 bits per heavy atom. The number of carbonyl (C=O) groups excluding carboxylic acids is 3. The fraction of sp³-hybridized carbons (Fsp3) is 0.625. The molecule has 0 bridgehead atoms. The van der Waals surface area contributed by atoms with Gasteiger partial charge < -0.3 is 19.8 Å². The van der Waals surface area contributed by atoms with Gasteiger partial charge in [-0.05, 0) is 19.3 Å². The number of rotatable bonds is 3. The van der Waals surface area contributed by atoms with Crippen LogP contribution in [0, 0.1) is 0 Å². The number of hydrogen-bond acceptors (Lipinski definition) is 5. The molecule has 1 aromatic rings. The molecule has 3 rings (SSSR count). The Morgan fingerprint density at radius 1 is 1.28 bits per heavy atom. The molecular formula is C16H23N5O4. The van der Waals surface area contributed by atoms with Crippen LogP contribution in [0.3, 0.4) is 0 Å². The Hall–Kier alpha value is -2.42. The molecule has 2 aliphatic heterocycles. The van der Waals surface area contributed by atoms with E-state index in [4.69, 9.17) is 0 Å². The zero-order valence-corrected chi connectivity index (χ0v) is 14.3. The van der Waals surface area contributed by atoms with Gasteiger partial charge in [-0.15, -0.1) is 0 Å². The molecule has 3 amide bonds. The number of carbonyl (C=O) groups is 3. The van der Waals surface area contributed by atoms with Gasteiger partial charge in [0.2, 0.25) is 11.8 Å². The number of hydrogen-bond donors (Lipinski definition) is 1. The molecule has 9 nitrogen and oxygen atoms in total. The third-order valence-corrected chi connectivity index (χ3v) is 4.65. The normalized spacial score (nSPS) is 22.3. The van der Waals surface area contributed by atoms with Crippen molar-refractivity contribution in [3.8, 4) is 0 Å². The molecule has 1 aromatic heterocycles. The summed E-state index contributed by atoms with van der Waals surface area (Å²) >= 11 is 0. The Labute approximate surface area is 145 Å². The average molecular weight is 349 g/mol. The van der Waals surface area contributed by atoms with Crippen LogP contribution in [0.15, 0.2) is 12.4 Å². The number of likely N-dealkylation sites (tertiary alicyclic amines) is 1. The van der Waals surface area contributed by atoms with Crippen LogP contribution in [0.25, 0.3) is 0 Å². The first-order valence-electron chi connectivity index (χ1n) is 8.49. The molecule has 0 aliphatic carbocycles. The second kappa shape index (κ2) is 7.22. The molecule has 0 spiro atoms. The molecular weight excluding hydrogens is 326 g/mol. The Kier molecular flexibility index (Phi) is 5.03.